The molecule has 0 bridgehead atoms. The van der Waals surface area contributed by atoms with Gasteiger partial charge in [0.05, 0.1) is 5.41 Å². The van der Waals surface area contributed by atoms with Gasteiger partial charge in [-0.25, -0.2) is 0 Å². The van der Waals surface area contributed by atoms with Crippen LogP contribution in [0, 0.1) is 12.3 Å². The van der Waals surface area contributed by atoms with Crippen LogP contribution in [0.15, 0.2) is 17.1 Å². The molecule has 0 aromatic carbocycles. The van der Waals surface area contributed by atoms with Crippen LogP contribution in [0.3, 0.4) is 0 Å². The second kappa shape index (κ2) is 5.11. The molecule has 0 radical (unpaired) electrons. The molecule has 108 valence electrons. The lowest BCUT2D eigenvalue weighted by Gasteiger charge is -2.27. The van der Waals surface area contributed by atoms with Crippen LogP contribution in [-0.2, 0) is 4.79 Å². The topological polar surface area (TPSA) is 99.3 Å². The van der Waals surface area contributed by atoms with Crippen LogP contribution in [0.2, 0.25) is 0 Å². The molecule has 0 saturated heterocycles. The van der Waals surface area contributed by atoms with Gasteiger partial charge in [-0.05, 0) is 26.7 Å². The Balaban J connectivity index is 2.20. The van der Waals surface area contributed by atoms with Crippen molar-refractivity contribution in [2.75, 3.05) is 0 Å². The van der Waals surface area contributed by atoms with Crippen molar-refractivity contribution < 1.29 is 14.7 Å². The minimum atomic E-state index is -0.965. The summed E-state index contributed by atoms with van der Waals surface area (Å²) in [4.78, 5) is 38.0. The molecule has 1 saturated carbocycles. The highest BCUT2D eigenvalue weighted by molar-refractivity contribution is 5.94. The molecule has 2 rings (SSSR count). The first kappa shape index (κ1) is 14.3. The molecule has 1 amide bonds. The van der Waals surface area contributed by atoms with E-state index in [2.05, 4.69) is 10.3 Å². The van der Waals surface area contributed by atoms with Gasteiger partial charge in [-0.15, -0.1) is 0 Å². The van der Waals surface area contributed by atoms with E-state index in [4.69, 9.17) is 0 Å². The van der Waals surface area contributed by atoms with Crippen molar-refractivity contribution >= 4 is 11.9 Å². The Morgan fingerprint density at radius 3 is 2.80 bits per heavy atom. The van der Waals surface area contributed by atoms with Crippen molar-refractivity contribution in [3.05, 3.63) is 33.7 Å². The predicted octanol–water partition coefficient (Wildman–Crippen LogP) is 1.06. The van der Waals surface area contributed by atoms with Gasteiger partial charge in [0.2, 0.25) is 0 Å². The first-order valence-corrected chi connectivity index (χ1v) is 6.58. The molecule has 1 aliphatic rings. The zero-order valence-electron chi connectivity index (χ0n) is 11.5. The van der Waals surface area contributed by atoms with Gasteiger partial charge in [0.25, 0.3) is 5.91 Å². The number of aliphatic carboxylic acids is 1. The number of pyridine rings is 1. The average molecular weight is 278 g/mol. The maximum atomic E-state index is 12.1. The molecule has 3 N–H and O–H groups in total. The maximum Gasteiger partial charge on any atom is 0.311 e. The van der Waals surface area contributed by atoms with Gasteiger partial charge < -0.3 is 15.4 Å². The Bertz CT molecular complexity index is 607. The summed E-state index contributed by atoms with van der Waals surface area (Å²) in [7, 11) is 0. The summed E-state index contributed by atoms with van der Waals surface area (Å²) in [6.07, 6.45) is 3.24. The van der Waals surface area contributed by atoms with Crippen molar-refractivity contribution in [1.82, 2.24) is 10.3 Å². The Morgan fingerprint density at radius 1 is 1.50 bits per heavy atom. The van der Waals surface area contributed by atoms with Gasteiger partial charge in [0, 0.05) is 24.0 Å². The zero-order chi connectivity index (χ0) is 14.9. The van der Waals surface area contributed by atoms with Crippen LogP contribution >= 0.6 is 0 Å². The third-order valence-corrected chi connectivity index (χ3v) is 4.05. The highest BCUT2D eigenvalue weighted by atomic mass is 16.4. The minimum Gasteiger partial charge on any atom is -0.481 e. The number of H-pyrrole nitrogens is 1. The van der Waals surface area contributed by atoms with Gasteiger partial charge in [0.1, 0.15) is 5.56 Å². The van der Waals surface area contributed by atoms with Gasteiger partial charge in [0.15, 0.2) is 5.43 Å². The fraction of sp³-hybridized carbons (Fsp3) is 0.500. The highest BCUT2D eigenvalue weighted by Crippen LogP contribution is 2.38. The summed E-state index contributed by atoms with van der Waals surface area (Å²) in [5.74, 6) is -1.44. The predicted molar refractivity (Wildman–Crippen MR) is 72.6 cm³/mol. The minimum absolute atomic E-state index is 0.00948. The van der Waals surface area contributed by atoms with Crippen LogP contribution in [0.25, 0.3) is 0 Å². The molecule has 2 unspecified atom stereocenters. The van der Waals surface area contributed by atoms with Crippen LogP contribution in [0.1, 0.15) is 42.2 Å². The normalized spacial score (nSPS) is 25.4. The number of rotatable bonds is 3. The van der Waals surface area contributed by atoms with E-state index >= 15 is 0 Å². The standard InChI is InChI=1S/C14H18N2O4/c1-8-6-10(17)9(7-15-8)12(18)16-11-4-3-5-14(11,2)13(19)20/h6-7,11H,3-5H2,1-2H3,(H,15,17)(H,16,18)(H,19,20). The Hall–Kier alpha value is -2.11. The van der Waals surface area contributed by atoms with E-state index in [1.807, 2.05) is 0 Å². The van der Waals surface area contributed by atoms with Gasteiger partial charge in [-0.1, -0.05) is 6.42 Å². The number of hydrogen-bond acceptors (Lipinski definition) is 3. The Kier molecular flexibility index (Phi) is 3.65. The lowest BCUT2D eigenvalue weighted by atomic mass is 9.85. The molecule has 6 nitrogen and oxygen atoms in total. The van der Waals surface area contributed by atoms with Crippen LogP contribution in [0.4, 0.5) is 0 Å². The number of aryl methyl sites for hydroxylation is 1. The van der Waals surface area contributed by atoms with Crippen molar-refractivity contribution in [2.24, 2.45) is 5.41 Å². The Labute approximate surface area is 116 Å². The van der Waals surface area contributed by atoms with E-state index in [1.54, 1.807) is 13.8 Å². The fourth-order valence-corrected chi connectivity index (χ4v) is 2.64. The maximum absolute atomic E-state index is 12.1. The second-order valence-corrected chi connectivity index (χ2v) is 5.53. The number of carbonyl (C=O) groups is 2. The van der Waals surface area contributed by atoms with Crippen molar-refractivity contribution in [2.45, 2.75) is 39.2 Å². The van der Waals surface area contributed by atoms with E-state index in [0.717, 1.165) is 6.42 Å². The number of carboxylic acids is 1. The Morgan fingerprint density at radius 2 is 2.20 bits per heavy atom. The second-order valence-electron chi connectivity index (χ2n) is 5.53. The highest BCUT2D eigenvalue weighted by Gasteiger charge is 2.46. The van der Waals surface area contributed by atoms with Crippen LogP contribution in [-0.4, -0.2) is 28.0 Å². The number of carboxylic acid groups (broad SMARTS) is 1. The summed E-state index contributed by atoms with van der Waals surface area (Å²) in [5, 5.41) is 12.0. The number of nitrogens with one attached hydrogen (secondary N) is 2. The van der Waals surface area contributed by atoms with Gasteiger partial charge >= 0.3 is 5.97 Å². The summed E-state index contributed by atoms with van der Waals surface area (Å²) < 4.78 is 0. The summed E-state index contributed by atoms with van der Waals surface area (Å²) in [5.41, 5.74) is -0.653. The number of amides is 1. The van der Waals surface area contributed by atoms with E-state index in [9.17, 15) is 19.5 Å². The van der Waals surface area contributed by atoms with Crippen LogP contribution < -0.4 is 10.7 Å². The molecule has 1 aliphatic carbocycles. The summed E-state index contributed by atoms with van der Waals surface area (Å²) in [6.45, 7) is 3.36. The van der Waals surface area contributed by atoms with Gasteiger partial charge in [-0.3, -0.25) is 14.4 Å². The molecular formula is C14H18N2O4. The first-order valence-electron chi connectivity index (χ1n) is 6.58. The third kappa shape index (κ3) is 2.45. The van der Waals surface area contributed by atoms with Crippen molar-refractivity contribution in [3.63, 3.8) is 0 Å². The quantitative estimate of drug-likeness (QED) is 0.769. The average Bonchev–Trinajstić information content (AvgIpc) is 2.72. The first-order chi connectivity index (χ1) is 9.34. The molecule has 1 fully saturated rings. The molecule has 1 heterocycles. The molecule has 0 aliphatic heterocycles. The molecule has 2 atom stereocenters. The van der Waals surface area contributed by atoms with Crippen LogP contribution in [0.5, 0.6) is 0 Å². The lowest BCUT2D eigenvalue weighted by Crippen LogP contribution is -2.47. The third-order valence-electron chi connectivity index (χ3n) is 4.05. The molecule has 20 heavy (non-hydrogen) atoms. The van der Waals surface area contributed by atoms with Crippen molar-refractivity contribution in [3.8, 4) is 0 Å². The lowest BCUT2D eigenvalue weighted by molar-refractivity contribution is -0.148. The summed E-state index contributed by atoms with van der Waals surface area (Å²) >= 11 is 0. The molecule has 0 spiro atoms. The number of hydrogen-bond donors (Lipinski definition) is 3. The largest absolute Gasteiger partial charge is 0.481 e. The smallest absolute Gasteiger partial charge is 0.311 e. The number of aromatic amines is 1. The van der Waals surface area contributed by atoms with Crippen molar-refractivity contribution in [1.29, 1.82) is 0 Å². The van der Waals surface area contributed by atoms with E-state index < -0.39 is 23.3 Å². The molecule has 6 heteroatoms. The van der Waals surface area contributed by atoms with E-state index in [-0.39, 0.29) is 11.0 Å². The monoisotopic (exact) mass is 278 g/mol. The van der Waals surface area contributed by atoms with E-state index in [1.165, 1.54) is 12.3 Å². The number of carbonyl (C=O) groups excluding carboxylic acids is 1. The SMILES string of the molecule is Cc1cc(=O)c(C(=O)NC2CCCC2(C)C(=O)O)c[nH]1. The summed E-state index contributed by atoms with van der Waals surface area (Å²) in [6, 6.07) is 0.896. The van der Waals surface area contributed by atoms with E-state index in [0.29, 0.717) is 18.5 Å². The number of aromatic nitrogens is 1. The molecule has 1 aromatic rings. The molecule has 1 aromatic heterocycles. The zero-order valence-corrected chi connectivity index (χ0v) is 11.5. The van der Waals surface area contributed by atoms with Gasteiger partial charge in [-0.2, -0.15) is 0 Å². The molecular weight excluding hydrogens is 260 g/mol. The fourth-order valence-electron chi connectivity index (χ4n) is 2.64.